The molecule has 5 heteroatoms. The normalized spacial score (nSPS) is 19.9. The van der Waals surface area contributed by atoms with Crippen molar-refractivity contribution in [3.8, 4) is 11.5 Å². The summed E-state index contributed by atoms with van der Waals surface area (Å²) < 4.78 is 11.7. The Balaban J connectivity index is 2.22. The summed E-state index contributed by atoms with van der Waals surface area (Å²) in [6.45, 7) is 2.01. The van der Waals surface area contributed by atoms with Gasteiger partial charge in [0.15, 0.2) is 0 Å². The molecule has 0 aliphatic carbocycles. The fourth-order valence-corrected chi connectivity index (χ4v) is 3.23. The molecule has 1 N–H and O–H groups in total. The van der Waals surface area contributed by atoms with Crippen LogP contribution in [0.1, 0.15) is 24.8 Å². The molecular formula is C15H22BrNO3. The van der Waals surface area contributed by atoms with Gasteiger partial charge in [-0.25, -0.2) is 0 Å². The Morgan fingerprint density at radius 3 is 2.65 bits per heavy atom. The predicted molar refractivity (Wildman–Crippen MR) is 82.4 cm³/mol. The van der Waals surface area contributed by atoms with E-state index in [1.165, 1.54) is 12.8 Å². The van der Waals surface area contributed by atoms with Gasteiger partial charge in [0.2, 0.25) is 0 Å². The van der Waals surface area contributed by atoms with Crippen LogP contribution in [0.25, 0.3) is 0 Å². The van der Waals surface area contributed by atoms with Crippen molar-refractivity contribution < 1.29 is 14.6 Å². The third kappa shape index (κ3) is 3.45. The van der Waals surface area contributed by atoms with Crippen molar-refractivity contribution in [1.29, 1.82) is 0 Å². The first-order chi connectivity index (χ1) is 9.69. The third-order valence-corrected chi connectivity index (χ3v) is 4.51. The first kappa shape index (κ1) is 15.6. The van der Waals surface area contributed by atoms with Gasteiger partial charge in [-0.2, -0.15) is 0 Å². The van der Waals surface area contributed by atoms with E-state index in [4.69, 9.17) is 9.47 Å². The maximum Gasteiger partial charge on any atom is 0.133 e. The molecule has 0 radical (unpaired) electrons. The zero-order valence-electron chi connectivity index (χ0n) is 12.1. The average molecular weight is 344 g/mol. The molecule has 1 aliphatic rings. The third-order valence-electron chi connectivity index (χ3n) is 3.89. The highest BCUT2D eigenvalue weighted by Crippen LogP contribution is 2.34. The summed E-state index contributed by atoms with van der Waals surface area (Å²) in [5.41, 5.74) is 1.09. The van der Waals surface area contributed by atoms with Crippen molar-refractivity contribution in [3.63, 3.8) is 0 Å². The van der Waals surface area contributed by atoms with Crippen molar-refractivity contribution >= 4 is 15.9 Å². The molecule has 2 rings (SSSR count). The number of rotatable bonds is 5. The van der Waals surface area contributed by atoms with Crippen molar-refractivity contribution in [3.05, 3.63) is 22.2 Å². The van der Waals surface area contributed by atoms with Gasteiger partial charge in [-0.1, -0.05) is 6.42 Å². The maximum absolute atomic E-state index is 9.51. The molecule has 0 spiro atoms. The molecule has 0 aromatic heterocycles. The molecule has 4 nitrogen and oxygen atoms in total. The largest absolute Gasteiger partial charge is 0.496 e. The van der Waals surface area contributed by atoms with Crippen molar-refractivity contribution in [1.82, 2.24) is 4.90 Å². The molecular weight excluding hydrogens is 322 g/mol. The van der Waals surface area contributed by atoms with E-state index in [9.17, 15) is 5.11 Å². The highest BCUT2D eigenvalue weighted by Gasteiger charge is 2.23. The molecule has 1 heterocycles. The average Bonchev–Trinajstić information content (AvgIpc) is 2.49. The molecule has 0 bridgehead atoms. The Hall–Kier alpha value is -0.780. The number of halogens is 1. The number of aliphatic hydroxyl groups excluding tert-OH is 1. The molecule has 1 unspecified atom stereocenters. The van der Waals surface area contributed by atoms with E-state index in [0.717, 1.165) is 41.0 Å². The Kier molecular flexibility index (Phi) is 5.69. The van der Waals surface area contributed by atoms with Crippen LogP contribution in [-0.2, 0) is 6.54 Å². The van der Waals surface area contributed by atoms with E-state index < -0.39 is 0 Å². The minimum Gasteiger partial charge on any atom is -0.496 e. The van der Waals surface area contributed by atoms with Crippen LogP contribution in [0.15, 0.2) is 16.6 Å². The Morgan fingerprint density at radius 2 is 2.00 bits per heavy atom. The smallest absolute Gasteiger partial charge is 0.133 e. The summed E-state index contributed by atoms with van der Waals surface area (Å²) in [6, 6.07) is 4.20. The second-order valence-corrected chi connectivity index (χ2v) is 5.96. The van der Waals surface area contributed by atoms with E-state index in [-0.39, 0.29) is 12.6 Å². The summed E-state index contributed by atoms with van der Waals surface area (Å²) in [6.07, 6.45) is 3.45. The first-order valence-electron chi connectivity index (χ1n) is 6.95. The molecule has 1 atom stereocenters. The molecule has 1 aromatic rings. The molecule has 1 aromatic carbocycles. The highest BCUT2D eigenvalue weighted by molar-refractivity contribution is 9.10. The monoisotopic (exact) mass is 343 g/mol. The van der Waals surface area contributed by atoms with E-state index in [2.05, 4.69) is 20.8 Å². The summed E-state index contributed by atoms with van der Waals surface area (Å²) in [7, 11) is 3.34. The lowest BCUT2D eigenvalue weighted by molar-refractivity contribution is 0.0833. The van der Waals surface area contributed by atoms with Gasteiger partial charge in [0.05, 0.1) is 25.3 Å². The second kappa shape index (κ2) is 7.29. The molecule has 1 fully saturated rings. The molecule has 112 valence electrons. The number of hydrogen-bond acceptors (Lipinski definition) is 4. The number of hydrogen-bond donors (Lipinski definition) is 1. The van der Waals surface area contributed by atoms with Crippen LogP contribution >= 0.6 is 15.9 Å². The van der Waals surface area contributed by atoms with Crippen LogP contribution in [0.5, 0.6) is 11.5 Å². The van der Waals surface area contributed by atoms with Crippen molar-refractivity contribution in [2.24, 2.45) is 0 Å². The second-order valence-electron chi connectivity index (χ2n) is 5.10. The number of likely N-dealkylation sites (tertiary alicyclic amines) is 1. The topological polar surface area (TPSA) is 41.9 Å². The maximum atomic E-state index is 9.51. The molecule has 1 aliphatic heterocycles. The van der Waals surface area contributed by atoms with Gasteiger partial charge in [0, 0.05) is 18.2 Å². The fraction of sp³-hybridized carbons (Fsp3) is 0.600. The molecule has 0 amide bonds. The quantitative estimate of drug-likeness (QED) is 0.892. The van der Waals surface area contributed by atoms with Crippen LogP contribution in [-0.4, -0.2) is 43.4 Å². The first-order valence-corrected chi connectivity index (χ1v) is 7.74. The van der Waals surface area contributed by atoms with Gasteiger partial charge < -0.3 is 14.6 Å². The standard InChI is InChI=1S/C15H22BrNO3/c1-19-14-8-13(16)15(20-2)7-11(14)9-17-6-4-3-5-12(17)10-18/h7-8,12,18H,3-6,9-10H2,1-2H3. The summed E-state index contributed by atoms with van der Waals surface area (Å²) >= 11 is 3.47. The lowest BCUT2D eigenvalue weighted by atomic mass is 10.0. The number of piperidine rings is 1. The van der Waals surface area contributed by atoms with Gasteiger partial charge in [-0.3, -0.25) is 4.90 Å². The Labute approximate surface area is 128 Å². The summed E-state index contributed by atoms with van der Waals surface area (Å²) in [4.78, 5) is 2.33. The summed E-state index contributed by atoms with van der Waals surface area (Å²) in [5, 5.41) is 9.51. The molecule has 1 saturated heterocycles. The van der Waals surface area contributed by atoms with Gasteiger partial charge in [-0.15, -0.1) is 0 Å². The van der Waals surface area contributed by atoms with Crippen LogP contribution < -0.4 is 9.47 Å². The van der Waals surface area contributed by atoms with E-state index in [0.29, 0.717) is 0 Å². The number of ether oxygens (including phenoxy) is 2. The zero-order valence-corrected chi connectivity index (χ0v) is 13.6. The highest BCUT2D eigenvalue weighted by atomic mass is 79.9. The lowest BCUT2D eigenvalue weighted by Crippen LogP contribution is -2.41. The minimum absolute atomic E-state index is 0.218. The molecule has 20 heavy (non-hydrogen) atoms. The molecule has 0 saturated carbocycles. The summed E-state index contributed by atoms with van der Waals surface area (Å²) in [5.74, 6) is 1.65. The van der Waals surface area contributed by atoms with Crippen LogP contribution in [0.2, 0.25) is 0 Å². The lowest BCUT2D eigenvalue weighted by Gasteiger charge is -2.34. The van der Waals surface area contributed by atoms with Gasteiger partial charge in [0.1, 0.15) is 11.5 Å². The number of benzene rings is 1. The van der Waals surface area contributed by atoms with Gasteiger partial charge in [0.25, 0.3) is 0 Å². The number of methoxy groups -OCH3 is 2. The Bertz CT molecular complexity index is 453. The predicted octanol–water partition coefficient (Wildman–Crippen LogP) is 2.81. The SMILES string of the molecule is COc1cc(CN2CCCCC2CO)c(OC)cc1Br. The van der Waals surface area contributed by atoms with Gasteiger partial charge in [-0.05, 0) is 47.4 Å². The van der Waals surface area contributed by atoms with E-state index in [1.54, 1.807) is 14.2 Å². The van der Waals surface area contributed by atoms with Crippen LogP contribution in [0, 0.1) is 0 Å². The number of nitrogens with zero attached hydrogens (tertiary/aromatic N) is 1. The number of aliphatic hydroxyl groups is 1. The zero-order chi connectivity index (χ0) is 14.5. The van der Waals surface area contributed by atoms with Crippen LogP contribution in [0.3, 0.4) is 0 Å². The van der Waals surface area contributed by atoms with Crippen LogP contribution in [0.4, 0.5) is 0 Å². The van der Waals surface area contributed by atoms with E-state index >= 15 is 0 Å². The Morgan fingerprint density at radius 1 is 1.25 bits per heavy atom. The van der Waals surface area contributed by atoms with Crippen molar-refractivity contribution in [2.75, 3.05) is 27.4 Å². The van der Waals surface area contributed by atoms with Crippen molar-refractivity contribution in [2.45, 2.75) is 31.8 Å². The minimum atomic E-state index is 0.218. The van der Waals surface area contributed by atoms with E-state index in [1.807, 2.05) is 12.1 Å². The fourth-order valence-electron chi connectivity index (χ4n) is 2.74. The van der Waals surface area contributed by atoms with Gasteiger partial charge >= 0.3 is 0 Å².